The number of imidazole rings is 1. The van der Waals surface area contributed by atoms with Crippen molar-refractivity contribution in [1.29, 1.82) is 0 Å². The zero-order valence-corrected chi connectivity index (χ0v) is 18.2. The molecular formula is C25H19F3N4O3. The van der Waals surface area contributed by atoms with Crippen LogP contribution in [0.1, 0.15) is 29.8 Å². The van der Waals surface area contributed by atoms with Crippen molar-refractivity contribution in [2.24, 2.45) is 0 Å². The number of aromatic hydroxyl groups is 1. The minimum atomic E-state index is -4.53. The zero-order valence-electron chi connectivity index (χ0n) is 18.2. The van der Waals surface area contributed by atoms with Crippen LogP contribution in [0.5, 0.6) is 5.88 Å². The Bertz CT molecular complexity index is 1550. The van der Waals surface area contributed by atoms with Crippen LogP contribution >= 0.6 is 0 Å². The number of fused-ring (bicyclic) bond motifs is 6. The lowest BCUT2D eigenvalue weighted by molar-refractivity contribution is -0.137. The average Bonchev–Trinajstić information content (AvgIpc) is 3.50. The molecule has 2 atom stereocenters. The molecule has 1 fully saturated rings. The second-order valence-electron chi connectivity index (χ2n) is 8.76. The van der Waals surface area contributed by atoms with Gasteiger partial charge in [-0.2, -0.15) is 13.2 Å². The van der Waals surface area contributed by atoms with E-state index in [1.807, 2.05) is 30.3 Å². The molecule has 2 amide bonds. The van der Waals surface area contributed by atoms with E-state index in [2.05, 4.69) is 5.32 Å². The van der Waals surface area contributed by atoms with Crippen molar-refractivity contribution in [3.63, 3.8) is 0 Å². The number of hydrogen-bond donors (Lipinski definition) is 2. The number of hydrogen-bond acceptors (Lipinski definition) is 3. The fourth-order valence-electron chi connectivity index (χ4n) is 5.26. The molecule has 3 aromatic carbocycles. The number of aromatic nitrogens is 2. The lowest BCUT2D eigenvalue weighted by Crippen LogP contribution is -2.40. The first-order valence-electron chi connectivity index (χ1n) is 11.0. The first-order chi connectivity index (χ1) is 16.7. The summed E-state index contributed by atoms with van der Waals surface area (Å²) < 4.78 is 41.9. The van der Waals surface area contributed by atoms with Crippen molar-refractivity contribution < 1.29 is 23.1 Å². The Kier molecular flexibility index (Phi) is 4.51. The van der Waals surface area contributed by atoms with Crippen molar-refractivity contribution in [2.75, 3.05) is 11.9 Å². The van der Waals surface area contributed by atoms with Gasteiger partial charge in [0.15, 0.2) is 0 Å². The van der Waals surface area contributed by atoms with Crippen molar-refractivity contribution in [3.05, 3.63) is 88.5 Å². The third kappa shape index (κ3) is 3.20. The van der Waals surface area contributed by atoms with E-state index >= 15 is 0 Å². The summed E-state index contributed by atoms with van der Waals surface area (Å²) in [5.74, 6) is -0.240. The highest BCUT2D eigenvalue weighted by Gasteiger charge is 2.49. The Balaban J connectivity index is 1.35. The Hall–Kier alpha value is -4.21. The van der Waals surface area contributed by atoms with Crippen molar-refractivity contribution in [1.82, 2.24) is 14.0 Å². The summed E-state index contributed by atoms with van der Waals surface area (Å²) in [6.07, 6.45) is -4.08. The number of nitrogens with zero attached hydrogens (tertiary/aromatic N) is 3. The lowest BCUT2D eigenvalue weighted by atomic mass is 10.1. The molecule has 6 rings (SSSR count). The van der Waals surface area contributed by atoms with Crippen LogP contribution in [0, 0.1) is 0 Å². The Morgan fingerprint density at radius 2 is 1.77 bits per heavy atom. The van der Waals surface area contributed by atoms with Gasteiger partial charge in [0.1, 0.15) is 5.69 Å². The van der Waals surface area contributed by atoms with Crippen LogP contribution in [0.25, 0.3) is 16.5 Å². The maximum Gasteiger partial charge on any atom is 0.416 e. The molecule has 0 aliphatic carbocycles. The Labute approximate surface area is 196 Å². The zero-order chi connectivity index (χ0) is 24.5. The fraction of sp³-hybridized carbons (Fsp3) is 0.200. The summed E-state index contributed by atoms with van der Waals surface area (Å²) in [6, 6.07) is 15.9. The molecule has 2 aliphatic heterocycles. The number of carbonyl (C=O) groups is 1. The molecule has 35 heavy (non-hydrogen) atoms. The van der Waals surface area contributed by atoms with Gasteiger partial charge in [-0.15, -0.1) is 0 Å². The SMILES string of the molecule is O=C(Nc1cccc(C(F)(F)F)c1)N1C[C@@H]2C[C@H]1c1c(O)n(-c3cccc4ccccc34)c(=O)n12. The van der Waals surface area contributed by atoms with E-state index in [1.165, 1.54) is 26.2 Å². The number of alkyl halides is 3. The molecule has 0 spiro atoms. The van der Waals surface area contributed by atoms with Gasteiger partial charge in [-0.05, 0) is 36.1 Å². The number of likely N-dealkylation sites (tertiary alicyclic amines) is 1. The normalized spacial score (nSPS) is 18.8. The molecule has 2 bridgehead atoms. The van der Waals surface area contributed by atoms with E-state index in [-0.39, 0.29) is 29.8 Å². The van der Waals surface area contributed by atoms with Crippen LogP contribution in [-0.2, 0) is 6.18 Å². The second-order valence-corrected chi connectivity index (χ2v) is 8.76. The molecule has 0 saturated carbocycles. The number of benzene rings is 3. The largest absolute Gasteiger partial charge is 0.493 e. The van der Waals surface area contributed by atoms with Crippen LogP contribution in [0.3, 0.4) is 0 Å². The van der Waals surface area contributed by atoms with Gasteiger partial charge in [0, 0.05) is 17.6 Å². The van der Waals surface area contributed by atoms with Gasteiger partial charge in [-0.1, -0.05) is 42.5 Å². The van der Waals surface area contributed by atoms with Gasteiger partial charge in [0.05, 0.1) is 23.3 Å². The van der Waals surface area contributed by atoms with Gasteiger partial charge in [-0.25, -0.2) is 14.2 Å². The highest BCUT2D eigenvalue weighted by Crippen LogP contribution is 2.49. The number of amides is 2. The predicted octanol–water partition coefficient (Wildman–Crippen LogP) is 5.05. The van der Waals surface area contributed by atoms with Gasteiger partial charge in [0.2, 0.25) is 5.88 Å². The van der Waals surface area contributed by atoms with E-state index in [4.69, 9.17) is 0 Å². The summed E-state index contributed by atoms with van der Waals surface area (Å²) in [5.41, 5.74) is -0.371. The summed E-state index contributed by atoms with van der Waals surface area (Å²) in [4.78, 5) is 27.8. The van der Waals surface area contributed by atoms with Crippen LogP contribution in [0.4, 0.5) is 23.7 Å². The van der Waals surface area contributed by atoms with E-state index in [0.29, 0.717) is 17.8 Å². The van der Waals surface area contributed by atoms with Crippen LogP contribution in [0.15, 0.2) is 71.5 Å². The topological polar surface area (TPSA) is 79.5 Å². The number of nitrogens with one attached hydrogen (secondary N) is 1. The average molecular weight is 480 g/mol. The van der Waals surface area contributed by atoms with Crippen LogP contribution in [-0.4, -0.2) is 31.7 Å². The van der Waals surface area contributed by atoms with Crippen LogP contribution in [0.2, 0.25) is 0 Å². The number of halogens is 3. The molecule has 2 aliphatic rings. The van der Waals surface area contributed by atoms with Gasteiger partial charge in [0.25, 0.3) is 0 Å². The summed E-state index contributed by atoms with van der Waals surface area (Å²) >= 11 is 0. The first kappa shape index (κ1) is 21.3. The first-order valence-corrected chi connectivity index (χ1v) is 11.0. The van der Waals surface area contributed by atoms with Gasteiger partial charge < -0.3 is 15.3 Å². The minimum Gasteiger partial charge on any atom is -0.493 e. The quantitative estimate of drug-likeness (QED) is 0.422. The Morgan fingerprint density at radius 3 is 2.57 bits per heavy atom. The van der Waals surface area contributed by atoms with E-state index in [1.54, 1.807) is 12.1 Å². The third-order valence-electron chi connectivity index (χ3n) is 6.77. The van der Waals surface area contributed by atoms with E-state index in [0.717, 1.165) is 22.9 Å². The standard InChI is InChI=1S/C25H19F3N4O3/c26-25(27,28)15-7-4-8-16(11-15)29-23(34)30-13-17-12-20(30)21-22(33)32(24(35)31(17)21)19-10-3-6-14-5-1-2-9-18(14)19/h1-11,17,20,33H,12-13H2,(H,29,34)/t17-,20-/m0/s1. The molecular weight excluding hydrogens is 461 g/mol. The maximum atomic E-state index is 13.4. The number of anilines is 1. The van der Waals surface area contributed by atoms with Crippen molar-refractivity contribution in [3.8, 4) is 11.6 Å². The molecule has 178 valence electrons. The Morgan fingerprint density at radius 1 is 1.03 bits per heavy atom. The molecule has 0 unspecified atom stereocenters. The summed E-state index contributed by atoms with van der Waals surface area (Å²) in [5, 5.41) is 15.4. The lowest BCUT2D eigenvalue weighted by Gasteiger charge is -2.28. The highest BCUT2D eigenvalue weighted by molar-refractivity contribution is 5.91. The molecule has 1 saturated heterocycles. The summed E-state index contributed by atoms with van der Waals surface area (Å²) in [6.45, 7) is 0.210. The van der Waals surface area contributed by atoms with Crippen molar-refractivity contribution in [2.45, 2.75) is 24.7 Å². The molecule has 10 heteroatoms. The molecule has 4 aromatic rings. The van der Waals surface area contributed by atoms with Crippen molar-refractivity contribution >= 4 is 22.5 Å². The smallest absolute Gasteiger partial charge is 0.416 e. The number of urea groups is 1. The molecule has 2 N–H and O–H groups in total. The summed E-state index contributed by atoms with van der Waals surface area (Å²) in [7, 11) is 0. The highest BCUT2D eigenvalue weighted by atomic mass is 19.4. The molecule has 3 heterocycles. The minimum absolute atomic E-state index is 0.0162. The van der Waals surface area contributed by atoms with Gasteiger partial charge >= 0.3 is 17.9 Å². The maximum absolute atomic E-state index is 13.4. The van der Waals surface area contributed by atoms with E-state index < -0.39 is 23.8 Å². The number of carbonyl (C=O) groups excluding carboxylic acids is 1. The molecule has 7 nitrogen and oxygen atoms in total. The third-order valence-corrected chi connectivity index (χ3v) is 6.77. The second kappa shape index (κ2) is 7.39. The predicted molar refractivity (Wildman–Crippen MR) is 123 cm³/mol. The fourth-order valence-corrected chi connectivity index (χ4v) is 5.26. The molecule has 0 radical (unpaired) electrons. The monoisotopic (exact) mass is 480 g/mol. The number of rotatable bonds is 2. The van der Waals surface area contributed by atoms with Gasteiger partial charge in [-0.3, -0.25) is 4.57 Å². The molecule has 1 aromatic heterocycles. The van der Waals surface area contributed by atoms with Crippen LogP contribution < -0.4 is 11.0 Å². The van der Waals surface area contributed by atoms with E-state index in [9.17, 15) is 27.9 Å².